The number of halogens is 2. The predicted octanol–water partition coefficient (Wildman–Crippen LogP) is 1.60. The van der Waals surface area contributed by atoms with E-state index >= 15 is 0 Å². The van der Waals surface area contributed by atoms with Crippen molar-refractivity contribution in [3.05, 3.63) is 34.6 Å². The molecule has 0 saturated carbocycles. The van der Waals surface area contributed by atoms with Gasteiger partial charge in [0.1, 0.15) is 5.82 Å². The highest BCUT2D eigenvalue weighted by Crippen LogP contribution is 2.18. The fourth-order valence-corrected chi connectivity index (χ4v) is 3.17. The molecule has 1 aromatic rings. The molecule has 0 radical (unpaired) electrons. The largest absolute Gasteiger partial charge is 0.336 e. The second-order valence-corrected chi connectivity index (χ2v) is 6.01. The lowest BCUT2D eigenvalue weighted by molar-refractivity contribution is 0.0583. The van der Waals surface area contributed by atoms with Crippen LogP contribution in [0, 0.1) is 5.82 Å². The zero-order valence-electron chi connectivity index (χ0n) is 11.8. The van der Waals surface area contributed by atoms with Crippen LogP contribution in [0.1, 0.15) is 16.8 Å². The van der Waals surface area contributed by atoms with Gasteiger partial charge in [-0.3, -0.25) is 9.69 Å². The highest BCUT2D eigenvalue weighted by Gasteiger charge is 2.28. The van der Waals surface area contributed by atoms with Gasteiger partial charge in [-0.25, -0.2) is 4.39 Å². The van der Waals surface area contributed by atoms with Crippen LogP contribution in [0.3, 0.4) is 0 Å². The van der Waals surface area contributed by atoms with Crippen molar-refractivity contribution >= 4 is 17.5 Å². The van der Waals surface area contributed by atoms with Crippen molar-refractivity contribution in [2.24, 2.45) is 0 Å². The third kappa shape index (κ3) is 3.20. The third-order valence-corrected chi connectivity index (χ3v) is 4.63. The molecule has 2 aliphatic heterocycles. The van der Waals surface area contributed by atoms with Gasteiger partial charge >= 0.3 is 0 Å². The lowest BCUT2D eigenvalue weighted by Crippen LogP contribution is -2.52. The smallest absolute Gasteiger partial charge is 0.254 e. The number of carbonyl (C=O) groups is 1. The number of hydrogen-bond donors (Lipinski definition) is 1. The van der Waals surface area contributed by atoms with E-state index in [4.69, 9.17) is 11.6 Å². The van der Waals surface area contributed by atoms with Gasteiger partial charge in [0.25, 0.3) is 5.91 Å². The van der Waals surface area contributed by atoms with E-state index in [2.05, 4.69) is 10.2 Å². The van der Waals surface area contributed by atoms with Crippen molar-refractivity contribution in [2.75, 3.05) is 39.3 Å². The van der Waals surface area contributed by atoms with E-state index in [9.17, 15) is 9.18 Å². The average Bonchev–Trinajstić information content (AvgIpc) is 3.04. The van der Waals surface area contributed by atoms with Crippen LogP contribution in [0.4, 0.5) is 4.39 Å². The van der Waals surface area contributed by atoms with Crippen LogP contribution in [-0.2, 0) is 0 Å². The maximum Gasteiger partial charge on any atom is 0.254 e. The van der Waals surface area contributed by atoms with E-state index in [-0.39, 0.29) is 10.9 Å². The topological polar surface area (TPSA) is 35.6 Å². The van der Waals surface area contributed by atoms with Crippen LogP contribution < -0.4 is 5.32 Å². The summed E-state index contributed by atoms with van der Waals surface area (Å²) >= 11 is 5.65. The zero-order valence-corrected chi connectivity index (χ0v) is 12.6. The minimum atomic E-state index is -0.543. The number of hydrogen-bond acceptors (Lipinski definition) is 3. The van der Waals surface area contributed by atoms with Crippen LogP contribution >= 0.6 is 11.6 Å². The fourth-order valence-electron chi connectivity index (χ4n) is 3.05. The van der Waals surface area contributed by atoms with Crippen LogP contribution in [0.2, 0.25) is 5.02 Å². The number of nitrogens with zero attached hydrogens (tertiary/aromatic N) is 2. The molecule has 4 nitrogen and oxygen atoms in total. The molecule has 1 unspecified atom stereocenters. The summed E-state index contributed by atoms with van der Waals surface area (Å²) in [4.78, 5) is 16.6. The Morgan fingerprint density at radius 1 is 1.29 bits per heavy atom. The molecule has 1 aromatic carbocycles. The van der Waals surface area contributed by atoms with E-state index < -0.39 is 5.82 Å². The van der Waals surface area contributed by atoms with Crippen molar-refractivity contribution in [3.8, 4) is 0 Å². The van der Waals surface area contributed by atoms with Gasteiger partial charge in [0.2, 0.25) is 0 Å². The first-order valence-electron chi connectivity index (χ1n) is 7.34. The summed E-state index contributed by atoms with van der Waals surface area (Å²) in [5, 5.41) is 3.41. The van der Waals surface area contributed by atoms with Crippen LogP contribution in [-0.4, -0.2) is 61.0 Å². The maximum absolute atomic E-state index is 13.5. The Morgan fingerprint density at radius 2 is 2.05 bits per heavy atom. The molecule has 0 bridgehead atoms. The molecule has 0 spiro atoms. The molecular weight excluding hydrogens is 293 g/mol. The van der Waals surface area contributed by atoms with Crippen molar-refractivity contribution in [1.82, 2.24) is 15.1 Å². The number of rotatable bonds is 2. The predicted molar refractivity (Wildman–Crippen MR) is 80.2 cm³/mol. The standard InChI is InChI=1S/C15H19ClFN3O/c16-13-2-1-11(9-14(13)17)15(21)20-7-5-19(6-8-20)12-3-4-18-10-12/h1-2,9,12,18H,3-8,10H2. The Bertz CT molecular complexity index is 526. The second-order valence-electron chi connectivity index (χ2n) is 5.60. The van der Waals surface area contributed by atoms with Crippen molar-refractivity contribution in [3.63, 3.8) is 0 Å². The van der Waals surface area contributed by atoms with Crippen molar-refractivity contribution < 1.29 is 9.18 Å². The van der Waals surface area contributed by atoms with Gasteiger partial charge in [-0.05, 0) is 31.2 Å². The van der Waals surface area contributed by atoms with Crippen LogP contribution in [0.25, 0.3) is 0 Å². The highest BCUT2D eigenvalue weighted by atomic mass is 35.5. The number of benzene rings is 1. The molecule has 21 heavy (non-hydrogen) atoms. The first-order valence-corrected chi connectivity index (χ1v) is 7.72. The molecule has 114 valence electrons. The number of nitrogens with one attached hydrogen (secondary N) is 1. The number of carbonyl (C=O) groups excluding carboxylic acids is 1. The molecule has 3 rings (SSSR count). The summed E-state index contributed by atoms with van der Waals surface area (Å²) in [6.07, 6.45) is 1.18. The molecule has 2 heterocycles. The van der Waals surface area contributed by atoms with Gasteiger partial charge in [0.15, 0.2) is 0 Å². The molecule has 1 amide bonds. The van der Waals surface area contributed by atoms with E-state index in [0.717, 1.165) is 26.2 Å². The SMILES string of the molecule is O=C(c1ccc(Cl)c(F)c1)N1CCN(C2CCNC2)CC1. The lowest BCUT2D eigenvalue weighted by atomic mass is 10.1. The first kappa shape index (κ1) is 14.8. The molecular formula is C15H19ClFN3O. The number of piperazine rings is 1. The Morgan fingerprint density at radius 3 is 2.67 bits per heavy atom. The Kier molecular flexibility index (Phi) is 4.42. The van der Waals surface area contributed by atoms with E-state index in [1.54, 1.807) is 11.0 Å². The lowest BCUT2D eigenvalue weighted by Gasteiger charge is -2.37. The molecule has 2 aliphatic rings. The van der Waals surface area contributed by atoms with Gasteiger partial charge < -0.3 is 10.2 Å². The highest BCUT2D eigenvalue weighted by molar-refractivity contribution is 6.30. The molecule has 6 heteroatoms. The van der Waals surface area contributed by atoms with Gasteiger partial charge in [-0.2, -0.15) is 0 Å². The van der Waals surface area contributed by atoms with Crippen LogP contribution in [0.15, 0.2) is 18.2 Å². The van der Waals surface area contributed by atoms with Gasteiger partial charge in [-0.1, -0.05) is 11.6 Å². The van der Waals surface area contributed by atoms with Gasteiger partial charge in [0, 0.05) is 44.3 Å². The monoisotopic (exact) mass is 311 g/mol. The van der Waals surface area contributed by atoms with Crippen LogP contribution in [0.5, 0.6) is 0 Å². The molecule has 0 aromatic heterocycles. The molecule has 1 atom stereocenters. The van der Waals surface area contributed by atoms with Crippen molar-refractivity contribution in [2.45, 2.75) is 12.5 Å². The fraction of sp³-hybridized carbons (Fsp3) is 0.533. The minimum Gasteiger partial charge on any atom is -0.336 e. The van der Waals surface area contributed by atoms with E-state index in [1.807, 2.05) is 0 Å². The Balaban J connectivity index is 1.60. The summed E-state index contributed by atoms with van der Waals surface area (Å²) in [5.74, 6) is -0.659. The average molecular weight is 312 g/mol. The maximum atomic E-state index is 13.5. The summed E-state index contributed by atoms with van der Waals surface area (Å²) in [6, 6.07) is 4.83. The normalized spacial score (nSPS) is 23.5. The summed E-state index contributed by atoms with van der Waals surface area (Å²) < 4.78 is 13.5. The summed E-state index contributed by atoms with van der Waals surface area (Å²) in [5.41, 5.74) is 0.368. The van der Waals surface area contributed by atoms with Gasteiger partial charge in [-0.15, -0.1) is 0 Å². The third-order valence-electron chi connectivity index (χ3n) is 4.32. The quantitative estimate of drug-likeness (QED) is 0.901. The molecule has 0 aliphatic carbocycles. The van der Waals surface area contributed by atoms with E-state index in [1.165, 1.54) is 18.6 Å². The Labute approximate surface area is 128 Å². The Hall–Kier alpha value is -1.17. The molecule has 1 N–H and O–H groups in total. The zero-order chi connectivity index (χ0) is 14.8. The van der Waals surface area contributed by atoms with Gasteiger partial charge in [0.05, 0.1) is 5.02 Å². The minimum absolute atomic E-state index is 0.0464. The summed E-state index contributed by atoms with van der Waals surface area (Å²) in [6.45, 7) is 5.27. The molecule has 2 saturated heterocycles. The second kappa shape index (κ2) is 6.30. The summed E-state index contributed by atoms with van der Waals surface area (Å²) in [7, 11) is 0. The number of amides is 1. The first-order chi connectivity index (χ1) is 10.1. The van der Waals surface area contributed by atoms with E-state index in [0.29, 0.717) is 24.7 Å². The molecule has 2 fully saturated rings. The van der Waals surface area contributed by atoms with Crippen molar-refractivity contribution in [1.29, 1.82) is 0 Å².